The molecule has 1 aliphatic carbocycles. The highest BCUT2D eigenvalue weighted by molar-refractivity contribution is 5.91. The van der Waals surface area contributed by atoms with Crippen LogP contribution in [0.25, 0.3) is 11.0 Å². The van der Waals surface area contributed by atoms with Crippen LogP contribution in [-0.4, -0.2) is 25.8 Å². The van der Waals surface area contributed by atoms with E-state index in [1.165, 1.54) is 19.0 Å². The molecule has 0 bridgehead atoms. The van der Waals surface area contributed by atoms with Crippen molar-refractivity contribution in [1.29, 1.82) is 0 Å². The summed E-state index contributed by atoms with van der Waals surface area (Å²) in [5.41, 5.74) is 0.977. The van der Waals surface area contributed by atoms with Gasteiger partial charge in [0.1, 0.15) is 0 Å². The van der Waals surface area contributed by atoms with Gasteiger partial charge in [0, 0.05) is 11.6 Å². The monoisotopic (exact) mass is 231 g/mol. The largest absolute Gasteiger partial charge is 0.478 e. The van der Waals surface area contributed by atoms with Gasteiger partial charge in [-0.25, -0.2) is 14.5 Å². The molecule has 0 saturated heterocycles. The van der Waals surface area contributed by atoms with E-state index in [4.69, 9.17) is 5.11 Å². The summed E-state index contributed by atoms with van der Waals surface area (Å²) < 4.78 is 1.90. The molecule has 2 aromatic heterocycles. The van der Waals surface area contributed by atoms with Crippen LogP contribution in [-0.2, 0) is 0 Å². The van der Waals surface area contributed by atoms with E-state index in [1.54, 1.807) is 12.3 Å². The standard InChI is InChI=1S/C12H13N3O2/c1-7(8-2-3-8)15-11-9(6-14-15)4-10(5-13-11)12(16)17/h4-8H,2-3H2,1H3,(H,16,17). The number of pyridine rings is 1. The first-order valence-electron chi connectivity index (χ1n) is 5.73. The quantitative estimate of drug-likeness (QED) is 0.878. The summed E-state index contributed by atoms with van der Waals surface area (Å²) in [6.45, 7) is 2.14. The molecule has 1 fully saturated rings. The molecular formula is C12H13N3O2. The molecule has 2 heterocycles. The Morgan fingerprint density at radius 2 is 2.29 bits per heavy atom. The Balaban J connectivity index is 2.07. The van der Waals surface area contributed by atoms with Crippen molar-refractivity contribution in [2.75, 3.05) is 0 Å². The molecule has 1 N–H and O–H groups in total. The number of aromatic nitrogens is 3. The fourth-order valence-electron chi connectivity index (χ4n) is 2.13. The van der Waals surface area contributed by atoms with Crippen LogP contribution in [0.15, 0.2) is 18.5 Å². The molecule has 1 atom stereocenters. The van der Waals surface area contributed by atoms with Crippen LogP contribution in [0.4, 0.5) is 0 Å². The molecular weight excluding hydrogens is 218 g/mol. The fourth-order valence-corrected chi connectivity index (χ4v) is 2.13. The number of nitrogens with zero attached hydrogens (tertiary/aromatic N) is 3. The smallest absolute Gasteiger partial charge is 0.337 e. The Kier molecular flexibility index (Phi) is 2.14. The van der Waals surface area contributed by atoms with Gasteiger partial charge in [-0.15, -0.1) is 0 Å². The lowest BCUT2D eigenvalue weighted by atomic mass is 10.2. The van der Waals surface area contributed by atoms with Gasteiger partial charge < -0.3 is 5.11 Å². The van der Waals surface area contributed by atoms with Crippen LogP contribution < -0.4 is 0 Å². The number of aromatic carboxylic acids is 1. The third-order valence-electron chi connectivity index (χ3n) is 3.37. The lowest BCUT2D eigenvalue weighted by Gasteiger charge is -2.11. The summed E-state index contributed by atoms with van der Waals surface area (Å²) in [6.07, 6.45) is 5.57. The molecule has 88 valence electrons. The van der Waals surface area contributed by atoms with Crippen LogP contribution in [0.2, 0.25) is 0 Å². The van der Waals surface area contributed by atoms with Crippen molar-refractivity contribution in [3.63, 3.8) is 0 Å². The zero-order chi connectivity index (χ0) is 12.0. The first kappa shape index (κ1) is 10.3. The van der Waals surface area contributed by atoms with E-state index in [0.29, 0.717) is 12.0 Å². The molecule has 0 spiro atoms. The average molecular weight is 231 g/mol. The Hall–Kier alpha value is -1.91. The van der Waals surface area contributed by atoms with Crippen molar-refractivity contribution in [3.8, 4) is 0 Å². The topological polar surface area (TPSA) is 68.0 Å². The zero-order valence-electron chi connectivity index (χ0n) is 9.50. The number of carboxylic acid groups (broad SMARTS) is 1. The van der Waals surface area contributed by atoms with Crippen molar-refractivity contribution in [2.45, 2.75) is 25.8 Å². The van der Waals surface area contributed by atoms with Crippen LogP contribution >= 0.6 is 0 Å². The van der Waals surface area contributed by atoms with Gasteiger partial charge in [-0.05, 0) is 31.7 Å². The maximum Gasteiger partial charge on any atom is 0.337 e. The normalized spacial score (nSPS) is 17.2. The molecule has 5 nitrogen and oxygen atoms in total. The molecule has 1 aliphatic rings. The van der Waals surface area contributed by atoms with Gasteiger partial charge in [0.15, 0.2) is 5.65 Å². The van der Waals surface area contributed by atoms with E-state index >= 15 is 0 Å². The number of hydrogen-bond donors (Lipinski definition) is 1. The molecule has 1 saturated carbocycles. The van der Waals surface area contributed by atoms with Crippen molar-refractivity contribution >= 4 is 17.0 Å². The number of carboxylic acids is 1. The fraction of sp³-hybridized carbons (Fsp3) is 0.417. The molecule has 2 aromatic rings. The molecule has 0 amide bonds. The second-order valence-corrected chi connectivity index (χ2v) is 4.61. The second kappa shape index (κ2) is 3.55. The zero-order valence-corrected chi connectivity index (χ0v) is 9.50. The highest BCUT2D eigenvalue weighted by atomic mass is 16.4. The highest BCUT2D eigenvalue weighted by Gasteiger charge is 2.30. The highest BCUT2D eigenvalue weighted by Crippen LogP contribution is 2.39. The van der Waals surface area contributed by atoms with Crippen molar-refractivity contribution in [1.82, 2.24) is 14.8 Å². The van der Waals surface area contributed by atoms with Crippen molar-refractivity contribution in [3.05, 3.63) is 24.0 Å². The van der Waals surface area contributed by atoms with Gasteiger partial charge in [-0.2, -0.15) is 5.10 Å². The van der Waals surface area contributed by atoms with Gasteiger partial charge in [-0.3, -0.25) is 0 Å². The third kappa shape index (κ3) is 1.67. The van der Waals surface area contributed by atoms with Gasteiger partial charge in [0.2, 0.25) is 0 Å². The summed E-state index contributed by atoms with van der Waals surface area (Å²) in [4.78, 5) is 15.0. The van der Waals surface area contributed by atoms with Crippen LogP contribution in [0, 0.1) is 5.92 Å². The maximum absolute atomic E-state index is 10.8. The molecule has 3 rings (SSSR count). The lowest BCUT2D eigenvalue weighted by Crippen LogP contribution is -2.09. The molecule has 0 radical (unpaired) electrons. The molecule has 17 heavy (non-hydrogen) atoms. The number of carbonyl (C=O) groups is 1. The summed E-state index contributed by atoms with van der Waals surface area (Å²) in [7, 11) is 0. The minimum atomic E-state index is -0.956. The van der Waals surface area contributed by atoms with E-state index in [-0.39, 0.29) is 5.56 Å². The number of fused-ring (bicyclic) bond motifs is 1. The first-order valence-corrected chi connectivity index (χ1v) is 5.73. The average Bonchev–Trinajstić information content (AvgIpc) is 3.07. The third-order valence-corrected chi connectivity index (χ3v) is 3.37. The van der Waals surface area contributed by atoms with E-state index in [1.807, 2.05) is 4.68 Å². The van der Waals surface area contributed by atoms with Crippen LogP contribution in [0.1, 0.15) is 36.2 Å². The van der Waals surface area contributed by atoms with E-state index in [9.17, 15) is 4.79 Å². The summed E-state index contributed by atoms with van der Waals surface area (Å²) in [5, 5.41) is 14.0. The van der Waals surface area contributed by atoms with Crippen molar-refractivity contribution < 1.29 is 9.90 Å². The maximum atomic E-state index is 10.8. The van der Waals surface area contributed by atoms with Gasteiger partial charge in [-0.1, -0.05) is 0 Å². The van der Waals surface area contributed by atoms with Crippen molar-refractivity contribution in [2.24, 2.45) is 5.92 Å². The molecule has 1 unspecified atom stereocenters. The lowest BCUT2D eigenvalue weighted by molar-refractivity contribution is 0.0696. The number of rotatable bonds is 3. The van der Waals surface area contributed by atoms with E-state index < -0.39 is 5.97 Å². The van der Waals surface area contributed by atoms with Crippen LogP contribution in [0.5, 0.6) is 0 Å². The minimum absolute atomic E-state index is 0.205. The van der Waals surface area contributed by atoms with Gasteiger partial charge in [0.05, 0.1) is 17.8 Å². The second-order valence-electron chi connectivity index (χ2n) is 4.61. The number of hydrogen-bond acceptors (Lipinski definition) is 3. The molecule has 0 aliphatic heterocycles. The first-order chi connectivity index (χ1) is 8.16. The summed E-state index contributed by atoms with van der Waals surface area (Å²) in [5.74, 6) is -0.263. The predicted octanol–water partition coefficient (Wildman–Crippen LogP) is 2.10. The minimum Gasteiger partial charge on any atom is -0.478 e. The van der Waals surface area contributed by atoms with Gasteiger partial charge >= 0.3 is 5.97 Å². The summed E-state index contributed by atoms with van der Waals surface area (Å²) in [6, 6.07) is 1.96. The Morgan fingerprint density at radius 3 is 2.94 bits per heavy atom. The van der Waals surface area contributed by atoms with E-state index in [0.717, 1.165) is 11.0 Å². The predicted molar refractivity (Wildman–Crippen MR) is 61.9 cm³/mol. The van der Waals surface area contributed by atoms with E-state index in [2.05, 4.69) is 17.0 Å². The SMILES string of the molecule is CC(C1CC1)n1ncc2cc(C(=O)O)cnc21. The Labute approximate surface area is 98.1 Å². The van der Waals surface area contributed by atoms with Gasteiger partial charge in [0.25, 0.3) is 0 Å². The summed E-state index contributed by atoms with van der Waals surface area (Å²) >= 11 is 0. The molecule has 5 heteroatoms. The Morgan fingerprint density at radius 1 is 1.53 bits per heavy atom. The Bertz CT molecular complexity index is 586. The van der Waals surface area contributed by atoms with Crippen LogP contribution in [0.3, 0.4) is 0 Å². The molecule has 0 aromatic carbocycles.